The fraction of sp³-hybridized carbons (Fsp3) is 0.250. The van der Waals surface area contributed by atoms with Crippen molar-refractivity contribution < 1.29 is 9.13 Å². The van der Waals surface area contributed by atoms with Crippen LogP contribution in [-0.4, -0.2) is 21.6 Å². The molecule has 0 saturated heterocycles. The molecule has 1 heterocycles. The molecule has 0 aliphatic rings. The number of anilines is 3. The predicted molar refractivity (Wildman–Crippen MR) is 69.8 cm³/mol. The van der Waals surface area contributed by atoms with Crippen LogP contribution in [0.5, 0.6) is 6.01 Å². The van der Waals surface area contributed by atoms with Gasteiger partial charge in [-0.1, -0.05) is 6.07 Å². The van der Waals surface area contributed by atoms with E-state index in [1.54, 1.807) is 19.1 Å². The second-order valence-corrected chi connectivity index (χ2v) is 3.77. The van der Waals surface area contributed by atoms with E-state index in [1.807, 2.05) is 6.92 Å². The van der Waals surface area contributed by atoms with Crippen molar-refractivity contribution in [3.63, 3.8) is 0 Å². The second kappa shape index (κ2) is 5.47. The molecule has 0 saturated carbocycles. The molecule has 19 heavy (non-hydrogen) atoms. The Hall–Kier alpha value is -2.44. The number of rotatable bonds is 4. The summed E-state index contributed by atoms with van der Waals surface area (Å²) in [5, 5.41) is 2.89. The van der Waals surface area contributed by atoms with Gasteiger partial charge in [0, 0.05) is 11.3 Å². The van der Waals surface area contributed by atoms with Gasteiger partial charge in [0.1, 0.15) is 5.82 Å². The molecular formula is C12H14FN5O. The summed E-state index contributed by atoms with van der Waals surface area (Å²) in [6.45, 7) is 3.89. The number of aromatic nitrogens is 3. The van der Waals surface area contributed by atoms with Gasteiger partial charge in [-0.2, -0.15) is 15.0 Å². The largest absolute Gasteiger partial charge is 0.464 e. The van der Waals surface area contributed by atoms with Crippen LogP contribution in [0.4, 0.5) is 22.0 Å². The van der Waals surface area contributed by atoms with Crippen molar-refractivity contribution in [2.75, 3.05) is 17.7 Å². The number of ether oxygens (including phenoxy) is 1. The van der Waals surface area contributed by atoms with Gasteiger partial charge >= 0.3 is 6.01 Å². The standard InChI is InChI=1S/C12H14FN5O/c1-3-19-12-17-10(14)16-11(18-12)15-9-6-4-5-8(13)7(9)2/h4-6H,3H2,1-2H3,(H3,14,15,16,17,18). The van der Waals surface area contributed by atoms with E-state index in [-0.39, 0.29) is 23.7 Å². The molecule has 0 aliphatic heterocycles. The SMILES string of the molecule is CCOc1nc(N)nc(Nc2cccc(F)c2C)n1. The predicted octanol–water partition coefficient (Wildman–Crippen LogP) is 2.04. The highest BCUT2D eigenvalue weighted by atomic mass is 19.1. The fourth-order valence-electron chi connectivity index (χ4n) is 1.48. The zero-order valence-corrected chi connectivity index (χ0v) is 10.6. The quantitative estimate of drug-likeness (QED) is 0.878. The van der Waals surface area contributed by atoms with Gasteiger partial charge in [-0.25, -0.2) is 4.39 Å². The molecule has 1 aromatic heterocycles. The maximum Gasteiger partial charge on any atom is 0.323 e. The fourth-order valence-corrected chi connectivity index (χ4v) is 1.48. The molecule has 1 aromatic carbocycles. The van der Waals surface area contributed by atoms with Crippen LogP contribution in [0.3, 0.4) is 0 Å². The number of benzene rings is 1. The molecule has 3 N–H and O–H groups in total. The third-order valence-corrected chi connectivity index (χ3v) is 2.42. The van der Waals surface area contributed by atoms with Gasteiger partial charge in [-0.15, -0.1) is 0 Å². The molecule has 0 aliphatic carbocycles. The molecule has 0 radical (unpaired) electrons. The Bertz CT molecular complexity index is 590. The van der Waals surface area contributed by atoms with Crippen molar-refractivity contribution in [2.45, 2.75) is 13.8 Å². The molecule has 0 amide bonds. The van der Waals surface area contributed by atoms with Crippen molar-refractivity contribution in [1.29, 1.82) is 0 Å². The first-order valence-electron chi connectivity index (χ1n) is 5.76. The Balaban J connectivity index is 2.30. The topological polar surface area (TPSA) is 86.0 Å². The molecule has 0 atom stereocenters. The summed E-state index contributed by atoms with van der Waals surface area (Å²) in [4.78, 5) is 11.8. The molecular weight excluding hydrogens is 249 g/mol. The summed E-state index contributed by atoms with van der Waals surface area (Å²) < 4.78 is 18.6. The lowest BCUT2D eigenvalue weighted by molar-refractivity contribution is 0.312. The van der Waals surface area contributed by atoms with Gasteiger partial charge in [-0.05, 0) is 26.0 Å². The number of nitrogens with one attached hydrogen (secondary N) is 1. The lowest BCUT2D eigenvalue weighted by Crippen LogP contribution is -2.07. The van der Waals surface area contributed by atoms with Gasteiger partial charge in [0.05, 0.1) is 6.61 Å². The van der Waals surface area contributed by atoms with Gasteiger partial charge in [0.2, 0.25) is 11.9 Å². The monoisotopic (exact) mass is 263 g/mol. The second-order valence-electron chi connectivity index (χ2n) is 3.77. The van der Waals surface area contributed by atoms with Gasteiger partial charge in [0.15, 0.2) is 0 Å². The number of nitrogens with two attached hydrogens (primary N) is 1. The van der Waals surface area contributed by atoms with Crippen molar-refractivity contribution in [2.24, 2.45) is 0 Å². The summed E-state index contributed by atoms with van der Waals surface area (Å²) >= 11 is 0. The van der Waals surface area contributed by atoms with Crippen LogP contribution in [0.15, 0.2) is 18.2 Å². The highest BCUT2D eigenvalue weighted by molar-refractivity contribution is 5.58. The molecule has 0 spiro atoms. The molecule has 0 fully saturated rings. The normalized spacial score (nSPS) is 10.3. The molecule has 0 bridgehead atoms. The molecule has 6 nitrogen and oxygen atoms in total. The Kier molecular flexibility index (Phi) is 3.74. The Morgan fingerprint density at radius 2 is 2.11 bits per heavy atom. The van der Waals surface area contributed by atoms with Gasteiger partial charge < -0.3 is 15.8 Å². The summed E-state index contributed by atoms with van der Waals surface area (Å²) in [5.41, 5.74) is 6.59. The van der Waals surface area contributed by atoms with Crippen LogP contribution in [0.25, 0.3) is 0 Å². The Morgan fingerprint density at radius 3 is 2.84 bits per heavy atom. The van der Waals surface area contributed by atoms with Crippen molar-refractivity contribution >= 4 is 17.6 Å². The summed E-state index contributed by atoms with van der Waals surface area (Å²) in [6, 6.07) is 4.83. The van der Waals surface area contributed by atoms with E-state index in [0.717, 1.165) is 0 Å². The lowest BCUT2D eigenvalue weighted by Gasteiger charge is -2.09. The average Bonchev–Trinajstić information content (AvgIpc) is 2.35. The van der Waals surface area contributed by atoms with E-state index in [4.69, 9.17) is 10.5 Å². The minimum atomic E-state index is -0.308. The van der Waals surface area contributed by atoms with Gasteiger partial charge in [-0.3, -0.25) is 0 Å². The zero-order valence-electron chi connectivity index (χ0n) is 10.6. The highest BCUT2D eigenvalue weighted by Gasteiger charge is 2.08. The zero-order chi connectivity index (χ0) is 13.8. The first-order chi connectivity index (χ1) is 9.10. The van der Waals surface area contributed by atoms with E-state index >= 15 is 0 Å². The number of hydrogen-bond donors (Lipinski definition) is 2. The summed E-state index contributed by atoms with van der Waals surface area (Å²) in [6.07, 6.45) is 0. The summed E-state index contributed by atoms with van der Waals surface area (Å²) in [7, 11) is 0. The third kappa shape index (κ3) is 3.06. The maximum absolute atomic E-state index is 13.4. The number of nitrogens with zero attached hydrogens (tertiary/aromatic N) is 3. The Morgan fingerprint density at radius 1 is 1.32 bits per heavy atom. The maximum atomic E-state index is 13.4. The Labute approximate surface area is 109 Å². The number of halogens is 1. The summed E-state index contributed by atoms with van der Waals surface area (Å²) in [5.74, 6) is -0.0586. The van der Waals surface area contributed by atoms with E-state index in [2.05, 4.69) is 20.3 Å². The molecule has 7 heteroatoms. The van der Waals surface area contributed by atoms with E-state index < -0.39 is 0 Å². The van der Waals surface area contributed by atoms with Crippen LogP contribution in [0.2, 0.25) is 0 Å². The molecule has 0 unspecified atom stereocenters. The van der Waals surface area contributed by atoms with Crippen molar-refractivity contribution in [1.82, 2.24) is 15.0 Å². The van der Waals surface area contributed by atoms with E-state index in [0.29, 0.717) is 17.9 Å². The lowest BCUT2D eigenvalue weighted by atomic mass is 10.2. The molecule has 2 rings (SSSR count). The first-order valence-corrected chi connectivity index (χ1v) is 5.76. The van der Waals surface area contributed by atoms with Crippen LogP contribution >= 0.6 is 0 Å². The average molecular weight is 263 g/mol. The molecule has 2 aromatic rings. The van der Waals surface area contributed by atoms with Gasteiger partial charge in [0.25, 0.3) is 0 Å². The first kappa shape index (κ1) is 13.0. The highest BCUT2D eigenvalue weighted by Crippen LogP contribution is 2.21. The molecule has 100 valence electrons. The van der Waals surface area contributed by atoms with Crippen LogP contribution in [-0.2, 0) is 0 Å². The van der Waals surface area contributed by atoms with Crippen molar-refractivity contribution in [3.8, 4) is 6.01 Å². The van der Waals surface area contributed by atoms with Crippen molar-refractivity contribution in [3.05, 3.63) is 29.6 Å². The minimum absolute atomic E-state index is 0.0370. The minimum Gasteiger partial charge on any atom is -0.464 e. The number of nitrogen functional groups attached to an aromatic ring is 1. The number of hydrogen-bond acceptors (Lipinski definition) is 6. The van der Waals surface area contributed by atoms with Crippen LogP contribution in [0, 0.1) is 12.7 Å². The van der Waals surface area contributed by atoms with Crippen LogP contribution < -0.4 is 15.8 Å². The third-order valence-electron chi connectivity index (χ3n) is 2.42. The smallest absolute Gasteiger partial charge is 0.323 e. The van der Waals surface area contributed by atoms with E-state index in [1.165, 1.54) is 6.07 Å². The van der Waals surface area contributed by atoms with E-state index in [9.17, 15) is 4.39 Å². The van der Waals surface area contributed by atoms with Crippen LogP contribution in [0.1, 0.15) is 12.5 Å².